The van der Waals surface area contributed by atoms with Crippen LogP contribution in [0.5, 0.6) is 0 Å². The van der Waals surface area contributed by atoms with Gasteiger partial charge in [0.15, 0.2) is 0 Å². The number of hydrogen-bond acceptors (Lipinski definition) is 1. The molecule has 0 aromatic heterocycles. The van der Waals surface area contributed by atoms with Crippen LogP contribution in [-0.2, 0) is 4.79 Å². The van der Waals surface area contributed by atoms with Crippen LogP contribution in [0.15, 0.2) is 0 Å². The summed E-state index contributed by atoms with van der Waals surface area (Å²) in [5.74, 6) is 1.19. The second-order valence-corrected chi connectivity index (χ2v) is 4.92. The summed E-state index contributed by atoms with van der Waals surface area (Å²) in [5, 5.41) is 0. The van der Waals surface area contributed by atoms with Crippen LogP contribution in [0.3, 0.4) is 0 Å². The molecule has 2 aliphatic carbocycles. The number of Topliss-reactive ketones (excluding diaryl/α,β-unsaturated/α-hetero) is 1. The SMILES string of the molecule is CC12CCC(CC1=O)C2(C)C.[LiH]. The van der Waals surface area contributed by atoms with Gasteiger partial charge in [0.25, 0.3) is 0 Å². The molecule has 1 nitrogen and oxygen atoms in total. The first kappa shape index (κ1) is 10.3. The minimum atomic E-state index is 0. The summed E-state index contributed by atoms with van der Waals surface area (Å²) < 4.78 is 0. The van der Waals surface area contributed by atoms with E-state index in [2.05, 4.69) is 20.8 Å². The van der Waals surface area contributed by atoms with Crippen LogP contribution in [0.25, 0.3) is 0 Å². The monoisotopic (exact) mass is 160 g/mol. The van der Waals surface area contributed by atoms with Gasteiger partial charge in [0, 0.05) is 11.8 Å². The van der Waals surface area contributed by atoms with Gasteiger partial charge in [-0.15, -0.1) is 0 Å². The van der Waals surface area contributed by atoms with E-state index in [4.69, 9.17) is 0 Å². The molecule has 64 valence electrons. The maximum absolute atomic E-state index is 11.6. The van der Waals surface area contributed by atoms with Crippen molar-refractivity contribution in [1.82, 2.24) is 0 Å². The quantitative estimate of drug-likeness (QED) is 0.493. The van der Waals surface area contributed by atoms with Crippen molar-refractivity contribution in [2.24, 2.45) is 16.7 Å². The molecule has 2 atom stereocenters. The molecular formula is C10H17LiO. The second kappa shape index (κ2) is 2.63. The molecule has 0 saturated heterocycles. The number of rotatable bonds is 0. The molecule has 0 aromatic rings. The summed E-state index contributed by atoms with van der Waals surface area (Å²) in [6.07, 6.45) is 3.25. The van der Waals surface area contributed by atoms with Gasteiger partial charge in [0.2, 0.25) is 0 Å². The standard InChI is InChI=1S/C10H16O.Li.H/c1-9(2)7-4-5-10(9,3)8(11)6-7;;/h7H,4-6H2,1-3H3;;. The Hall–Kier alpha value is 0.267. The average molecular weight is 160 g/mol. The Morgan fingerprint density at radius 1 is 1.33 bits per heavy atom. The Morgan fingerprint density at radius 2 is 1.92 bits per heavy atom. The van der Waals surface area contributed by atoms with Gasteiger partial charge in [-0.3, -0.25) is 4.79 Å². The molecule has 0 heterocycles. The molecule has 12 heavy (non-hydrogen) atoms. The van der Waals surface area contributed by atoms with Crippen molar-refractivity contribution in [2.75, 3.05) is 0 Å². The van der Waals surface area contributed by atoms with E-state index in [9.17, 15) is 4.79 Å². The average Bonchev–Trinajstić information content (AvgIpc) is 2.20. The molecule has 2 rings (SSSR count). The summed E-state index contributed by atoms with van der Waals surface area (Å²) in [7, 11) is 0. The van der Waals surface area contributed by atoms with Gasteiger partial charge in [0.1, 0.15) is 5.78 Å². The van der Waals surface area contributed by atoms with Crippen LogP contribution >= 0.6 is 0 Å². The third kappa shape index (κ3) is 0.902. The zero-order valence-electron chi connectivity index (χ0n) is 7.61. The predicted molar refractivity (Wildman–Crippen MR) is 51.4 cm³/mol. The predicted octanol–water partition coefficient (Wildman–Crippen LogP) is 1.75. The van der Waals surface area contributed by atoms with Gasteiger partial charge >= 0.3 is 18.9 Å². The molecular weight excluding hydrogens is 143 g/mol. The summed E-state index contributed by atoms with van der Waals surface area (Å²) in [4.78, 5) is 11.6. The Kier molecular flexibility index (Phi) is 2.26. The van der Waals surface area contributed by atoms with Crippen molar-refractivity contribution in [3.05, 3.63) is 0 Å². The number of carbonyl (C=O) groups excluding carboxylic acids is 1. The fourth-order valence-corrected chi connectivity index (χ4v) is 2.90. The first-order valence-corrected chi connectivity index (χ1v) is 4.52. The molecule has 2 heteroatoms. The molecule has 2 bridgehead atoms. The number of ketones is 1. The van der Waals surface area contributed by atoms with Gasteiger partial charge in [-0.05, 0) is 24.2 Å². The summed E-state index contributed by atoms with van der Waals surface area (Å²) in [5.41, 5.74) is 0.307. The van der Waals surface area contributed by atoms with Crippen LogP contribution in [0.2, 0.25) is 0 Å². The van der Waals surface area contributed by atoms with Crippen LogP contribution in [0, 0.1) is 16.7 Å². The first-order valence-electron chi connectivity index (χ1n) is 4.52. The third-order valence-electron chi connectivity index (χ3n) is 4.48. The molecule has 0 aromatic carbocycles. The fourth-order valence-electron chi connectivity index (χ4n) is 2.90. The first-order chi connectivity index (χ1) is 4.98. The van der Waals surface area contributed by atoms with E-state index >= 15 is 0 Å². The molecule has 2 aliphatic rings. The Morgan fingerprint density at radius 3 is 2.08 bits per heavy atom. The molecule has 2 unspecified atom stereocenters. The zero-order valence-corrected chi connectivity index (χ0v) is 7.61. The molecule has 2 fully saturated rings. The van der Waals surface area contributed by atoms with Gasteiger partial charge in [-0.1, -0.05) is 20.8 Å². The van der Waals surface area contributed by atoms with E-state index in [-0.39, 0.29) is 29.7 Å². The van der Waals surface area contributed by atoms with Crippen molar-refractivity contribution in [1.29, 1.82) is 0 Å². The molecule has 2 saturated carbocycles. The van der Waals surface area contributed by atoms with Crippen molar-refractivity contribution in [3.63, 3.8) is 0 Å². The van der Waals surface area contributed by atoms with E-state index < -0.39 is 0 Å². The van der Waals surface area contributed by atoms with Crippen molar-refractivity contribution in [2.45, 2.75) is 40.0 Å². The fraction of sp³-hybridized carbons (Fsp3) is 0.900. The summed E-state index contributed by atoms with van der Waals surface area (Å²) in [6.45, 7) is 6.67. The molecule has 0 spiro atoms. The molecule has 0 N–H and O–H groups in total. The molecule has 0 aliphatic heterocycles. The van der Waals surface area contributed by atoms with E-state index in [0.29, 0.717) is 11.7 Å². The van der Waals surface area contributed by atoms with Crippen LogP contribution in [0.1, 0.15) is 40.0 Å². The van der Waals surface area contributed by atoms with E-state index in [1.807, 2.05) is 0 Å². The van der Waals surface area contributed by atoms with Gasteiger partial charge in [-0.25, -0.2) is 0 Å². The van der Waals surface area contributed by atoms with Crippen LogP contribution in [0.4, 0.5) is 0 Å². The third-order valence-corrected chi connectivity index (χ3v) is 4.48. The Balaban J connectivity index is 0.000000720. The van der Waals surface area contributed by atoms with Crippen LogP contribution in [-0.4, -0.2) is 24.6 Å². The number of carbonyl (C=O) groups is 1. The van der Waals surface area contributed by atoms with Crippen molar-refractivity contribution < 1.29 is 4.79 Å². The Bertz CT molecular complexity index is 222. The van der Waals surface area contributed by atoms with E-state index in [1.165, 1.54) is 6.42 Å². The molecule has 0 amide bonds. The Labute approximate surface area is 86.5 Å². The van der Waals surface area contributed by atoms with Crippen molar-refractivity contribution in [3.8, 4) is 0 Å². The van der Waals surface area contributed by atoms with Gasteiger partial charge < -0.3 is 0 Å². The van der Waals surface area contributed by atoms with Gasteiger partial charge in [-0.2, -0.15) is 0 Å². The second-order valence-electron chi connectivity index (χ2n) is 4.92. The zero-order chi connectivity index (χ0) is 8.28. The summed E-state index contributed by atoms with van der Waals surface area (Å²) >= 11 is 0. The number of fused-ring (bicyclic) bond motifs is 2. The number of hydrogen-bond donors (Lipinski definition) is 0. The van der Waals surface area contributed by atoms with Crippen LogP contribution < -0.4 is 0 Å². The molecule has 0 radical (unpaired) electrons. The van der Waals surface area contributed by atoms with E-state index in [0.717, 1.165) is 12.8 Å². The maximum atomic E-state index is 11.6. The van der Waals surface area contributed by atoms with E-state index in [1.54, 1.807) is 0 Å². The minimum absolute atomic E-state index is 0. The normalized spacial score (nSPS) is 42.9. The van der Waals surface area contributed by atoms with Crippen molar-refractivity contribution >= 4 is 24.6 Å². The topological polar surface area (TPSA) is 17.1 Å². The van der Waals surface area contributed by atoms with Gasteiger partial charge in [0.05, 0.1) is 0 Å². The summed E-state index contributed by atoms with van der Waals surface area (Å²) in [6, 6.07) is 0.